The Kier molecular flexibility index (Phi) is 6.64. The number of fused-ring (bicyclic) bond motifs is 1. The topological polar surface area (TPSA) is 144 Å². The summed E-state index contributed by atoms with van der Waals surface area (Å²) in [5, 5.41) is 7.66. The van der Waals surface area contributed by atoms with E-state index in [0.717, 1.165) is 54.7 Å². The van der Waals surface area contributed by atoms with E-state index in [1.165, 1.54) is 17.7 Å². The Morgan fingerprint density at radius 2 is 2.15 bits per heavy atom. The highest BCUT2D eigenvalue weighted by atomic mass is 35.5. The van der Waals surface area contributed by atoms with Crippen LogP contribution in [0.2, 0.25) is 4.34 Å². The fourth-order valence-corrected chi connectivity index (χ4v) is 6.26. The Bertz CT molecular complexity index is 1480. The molecule has 1 aliphatic carbocycles. The minimum absolute atomic E-state index is 0.0294. The van der Waals surface area contributed by atoms with Gasteiger partial charge in [-0.2, -0.15) is 5.10 Å². The third-order valence-electron chi connectivity index (χ3n) is 7.64. The Hall–Kier alpha value is -3.35. The molecule has 13 heteroatoms. The zero-order valence-corrected chi connectivity index (χ0v) is 23.2. The number of nitrogens with zero attached hydrogens (tertiary/aromatic N) is 5. The lowest BCUT2D eigenvalue weighted by Crippen LogP contribution is -2.47. The van der Waals surface area contributed by atoms with Gasteiger partial charge in [-0.05, 0) is 37.3 Å². The molecule has 0 spiro atoms. The van der Waals surface area contributed by atoms with Crippen LogP contribution in [0, 0.1) is 0 Å². The lowest BCUT2D eigenvalue weighted by molar-refractivity contribution is -0.127. The number of halogens is 1. The Morgan fingerprint density at radius 3 is 2.90 bits per heavy atom. The highest BCUT2D eigenvalue weighted by molar-refractivity contribution is 7.18. The van der Waals surface area contributed by atoms with Gasteiger partial charge in [-0.25, -0.2) is 9.50 Å². The fraction of sp³-hybridized carbons (Fsp3) is 0.462. The predicted molar refractivity (Wildman–Crippen MR) is 151 cm³/mol. The molecule has 3 aliphatic rings. The van der Waals surface area contributed by atoms with E-state index in [0.29, 0.717) is 47.0 Å². The van der Waals surface area contributed by atoms with Crippen LogP contribution in [0.4, 0.5) is 11.5 Å². The molecule has 1 saturated heterocycles. The van der Waals surface area contributed by atoms with Crippen LogP contribution >= 0.6 is 22.9 Å². The summed E-state index contributed by atoms with van der Waals surface area (Å²) in [5.74, 6) is 0.676. The first-order valence-corrected chi connectivity index (χ1v) is 14.2. The first-order valence-electron chi connectivity index (χ1n) is 13.0. The minimum atomic E-state index is -0.296. The van der Waals surface area contributed by atoms with E-state index in [1.807, 2.05) is 6.08 Å². The SMILES string of the molecule is CC(=O)N1CC=C(c2cc(N3CCC[C@@H](NC(=O)c4sc(Cl)cc4OCC4(N)CC4)C3)c3c(N)ncnn23)C1. The molecule has 11 nitrogen and oxygen atoms in total. The lowest BCUT2D eigenvalue weighted by atomic mass is 10.0. The average molecular weight is 571 g/mol. The van der Waals surface area contributed by atoms with Crippen LogP contribution in [-0.2, 0) is 4.79 Å². The van der Waals surface area contributed by atoms with Gasteiger partial charge in [-0.3, -0.25) is 9.59 Å². The zero-order valence-electron chi connectivity index (χ0n) is 21.7. The molecule has 2 fully saturated rings. The normalized spacial score (nSPS) is 20.3. The molecular weight excluding hydrogens is 540 g/mol. The van der Waals surface area contributed by atoms with Crippen LogP contribution in [0.1, 0.15) is 48.0 Å². The van der Waals surface area contributed by atoms with E-state index < -0.39 is 0 Å². The Labute approximate surface area is 234 Å². The number of rotatable bonds is 7. The third-order valence-corrected chi connectivity index (χ3v) is 8.88. The first-order chi connectivity index (χ1) is 18.7. The van der Waals surface area contributed by atoms with Crippen molar-refractivity contribution >= 4 is 57.3 Å². The summed E-state index contributed by atoms with van der Waals surface area (Å²) in [6, 6.07) is 3.65. The number of carbonyl (C=O) groups is 2. The van der Waals surface area contributed by atoms with Gasteiger partial charge in [0, 0.05) is 45.2 Å². The lowest BCUT2D eigenvalue weighted by Gasteiger charge is -2.34. The van der Waals surface area contributed by atoms with Crippen molar-refractivity contribution in [3.05, 3.63) is 39.4 Å². The highest BCUT2D eigenvalue weighted by Gasteiger charge is 2.39. The van der Waals surface area contributed by atoms with Gasteiger partial charge >= 0.3 is 0 Å². The van der Waals surface area contributed by atoms with E-state index in [4.69, 9.17) is 27.8 Å². The van der Waals surface area contributed by atoms with Crippen molar-refractivity contribution in [2.45, 2.75) is 44.2 Å². The van der Waals surface area contributed by atoms with Crippen molar-refractivity contribution in [1.82, 2.24) is 24.8 Å². The summed E-state index contributed by atoms with van der Waals surface area (Å²) in [6.45, 7) is 4.42. The maximum absolute atomic E-state index is 13.3. The van der Waals surface area contributed by atoms with Crippen LogP contribution < -0.4 is 26.4 Å². The standard InChI is InChI=1S/C26H31ClN8O3S/c1-15(36)33-8-4-16(11-33)18-9-19(22-24(28)30-14-31-35(18)22)34-7-2-3-17(12-34)32-25(37)23-20(10-21(27)39-23)38-13-26(29)5-6-26/h4,9-10,14,17H,2-3,5-8,11-13,29H2,1H3,(H,32,37)(H2,28,30,31)/t17-/m1/s1. The molecule has 5 N–H and O–H groups in total. The van der Waals surface area contributed by atoms with E-state index in [1.54, 1.807) is 22.4 Å². The molecule has 0 bridgehead atoms. The molecule has 3 aromatic heterocycles. The van der Waals surface area contributed by atoms with Crippen molar-refractivity contribution in [2.75, 3.05) is 43.4 Å². The molecule has 1 atom stereocenters. The maximum atomic E-state index is 13.3. The summed E-state index contributed by atoms with van der Waals surface area (Å²) in [6.07, 6.45) is 7.05. The van der Waals surface area contributed by atoms with Crippen LogP contribution in [0.3, 0.4) is 0 Å². The molecule has 0 radical (unpaired) electrons. The summed E-state index contributed by atoms with van der Waals surface area (Å²) in [5.41, 5.74) is 15.7. The number of anilines is 2. The molecule has 5 heterocycles. The molecule has 6 rings (SSSR count). The largest absolute Gasteiger partial charge is 0.490 e. The zero-order chi connectivity index (χ0) is 27.3. The Morgan fingerprint density at radius 1 is 1.33 bits per heavy atom. The molecule has 206 valence electrons. The van der Waals surface area contributed by atoms with Crippen molar-refractivity contribution in [1.29, 1.82) is 0 Å². The Balaban J connectivity index is 1.21. The number of hydrogen-bond donors (Lipinski definition) is 3. The number of nitrogen functional groups attached to an aromatic ring is 1. The van der Waals surface area contributed by atoms with Crippen molar-refractivity contribution in [2.24, 2.45) is 5.73 Å². The number of nitrogens with one attached hydrogen (secondary N) is 1. The molecule has 1 saturated carbocycles. The first kappa shape index (κ1) is 25.9. The van der Waals surface area contributed by atoms with Gasteiger partial charge in [0.05, 0.1) is 21.3 Å². The van der Waals surface area contributed by atoms with Crippen LogP contribution in [0.15, 0.2) is 24.5 Å². The number of ether oxygens (including phenoxy) is 1. The van der Waals surface area contributed by atoms with E-state index >= 15 is 0 Å². The molecule has 2 aliphatic heterocycles. The molecule has 2 amide bonds. The monoisotopic (exact) mass is 570 g/mol. The van der Waals surface area contributed by atoms with Gasteiger partial charge in [0.2, 0.25) is 5.91 Å². The summed E-state index contributed by atoms with van der Waals surface area (Å²) in [4.78, 5) is 33.9. The van der Waals surface area contributed by atoms with E-state index in [9.17, 15) is 9.59 Å². The van der Waals surface area contributed by atoms with E-state index in [2.05, 4.69) is 26.4 Å². The van der Waals surface area contributed by atoms with Gasteiger partial charge in [-0.1, -0.05) is 17.7 Å². The average Bonchev–Trinajstić information content (AvgIpc) is 3.27. The smallest absolute Gasteiger partial charge is 0.265 e. The predicted octanol–water partition coefficient (Wildman–Crippen LogP) is 2.54. The van der Waals surface area contributed by atoms with Crippen molar-refractivity contribution in [3.63, 3.8) is 0 Å². The number of hydrogen-bond acceptors (Lipinski definition) is 9. The van der Waals surface area contributed by atoms with Crippen molar-refractivity contribution in [3.8, 4) is 5.75 Å². The van der Waals surface area contributed by atoms with Gasteiger partial charge in [-0.15, -0.1) is 11.3 Å². The number of carbonyl (C=O) groups excluding carboxylic acids is 2. The molecule has 0 unspecified atom stereocenters. The number of aromatic nitrogens is 3. The number of piperidine rings is 1. The quantitative estimate of drug-likeness (QED) is 0.393. The van der Waals surface area contributed by atoms with Crippen LogP contribution in [-0.4, -0.2) is 75.7 Å². The molecule has 0 aromatic carbocycles. The molecule has 39 heavy (non-hydrogen) atoms. The molecular formula is C26H31ClN8O3S. The third kappa shape index (κ3) is 5.15. The summed E-state index contributed by atoms with van der Waals surface area (Å²) < 4.78 is 8.19. The fourth-order valence-electron chi connectivity index (χ4n) is 5.20. The summed E-state index contributed by atoms with van der Waals surface area (Å²) >= 11 is 7.45. The van der Waals surface area contributed by atoms with E-state index in [-0.39, 0.29) is 23.4 Å². The maximum Gasteiger partial charge on any atom is 0.265 e. The second-order valence-corrected chi connectivity index (χ2v) is 12.3. The van der Waals surface area contributed by atoms with Crippen molar-refractivity contribution < 1.29 is 14.3 Å². The van der Waals surface area contributed by atoms with Crippen LogP contribution in [0.5, 0.6) is 5.75 Å². The second-order valence-electron chi connectivity index (χ2n) is 10.6. The minimum Gasteiger partial charge on any atom is -0.490 e. The number of amides is 2. The van der Waals surface area contributed by atoms with Crippen LogP contribution in [0.25, 0.3) is 11.1 Å². The van der Waals surface area contributed by atoms with Gasteiger partial charge in [0.25, 0.3) is 5.91 Å². The summed E-state index contributed by atoms with van der Waals surface area (Å²) in [7, 11) is 0. The van der Waals surface area contributed by atoms with Gasteiger partial charge in [0.1, 0.15) is 29.1 Å². The molecule has 3 aromatic rings. The van der Waals surface area contributed by atoms with Gasteiger partial charge < -0.3 is 31.3 Å². The number of nitrogens with two attached hydrogens (primary N) is 2. The number of thiophene rings is 1. The second kappa shape index (κ2) is 10.00. The highest BCUT2D eigenvalue weighted by Crippen LogP contribution is 2.38. The van der Waals surface area contributed by atoms with Gasteiger partial charge in [0.15, 0.2) is 5.82 Å².